The predicted octanol–water partition coefficient (Wildman–Crippen LogP) is 4.36. The first kappa shape index (κ1) is 17.3. The Labute approximate surface area is 129 Å². The van der Waals surface area contributed by atoms with Crippen LogP contribution in [0.25, 0.3) is 0 Å². The molecular weight excluding hydrogens is 341 g/mol. The molecule has 2 rings (SSSR count). The summed E-state index contributed by atoms with van der Waals surface area (Å²) in [4.78, 5) is 9.88. The average molecular weight is 355 g/mol. The van der Waals surface area contributed by atoms with Gasteiger partial charge in [-0.3, -0.25) is 9.48 Å². The van der Waals surface area contributed by atoms with Crippen LogP contribution in [0.5, 0.6) is 0 Å². The standard InChI is InChI=1S/C13H14F5N3OS/c1-10(9-21-8-2-7-19-21)20-13(22)11-3-5-12(6-4-11)23(14,15,16,17)18/h2-8,10H,9H2,1H3,(H,20,22)/t10-/m1/s1. The summed E-state index contributed by atoms with van der Waals surface area (Å²) in [6.07, 6.45) is 3.25. The molecule has 1 heterocycles. The topological polar surface area (TPSA) is 46.9 Å². The molecule has 0 unspecified atom stereocenters. The molecule has 23 heavy (non-hydrogen) atoms. The highest BCUT2D eigenvalue weighted by atomic mass is 32.5. The number of halogens is 5. The van der Waals surface area contributed by atoms with Gasteiger partial charge < -0.3 is 5.32 Å². The second kappa shape index (κ2) is 4.95. The van der Waals surface area contributed by atoms with Crippen LogP contribution in [0, 0.1) is 0 Å². The number of nitrogens with zero attached hydrogens (tertiary/aromatic N) is 2. The van der Waals surface area contributed by atoms with Crippen molar-refractivity contribution in [2.24, 2.45) is 0 Å². The number of benzene rings is 1. The van der Waals surface area contributed by atoms with Crippen molar-refractivity contribution < 1.29 is 24.2 Å². The lowest BCUT2D eigenvalue weighted by atomic mass is 10.2. The Balaban J connectivity index is 2.06. The molecule has 0 radical (unpaired) electrons. The van der Waals surface area contributed by atoms with E-state index in [2.05, 4.69) is 10.4 Å². The Kier molecular flexibility index (Phi) is 3.71. The predicted molar refractivity (Wildman–Crippen MR) is 77.0 cm³/mol. The first-order chi connectivity index (χ1) is 10.3. The van der Waals surface area contributed by atoms with Crippen molar-refractivity contribution >= 4 is 16.1 Å². The van der Waals surface area contributed by atoms with Crippen LogP contribution in [-0.4, -0.2) is 21.7 Å². The van der Waals surface area contributed by atoms with Gasteiger partial charge in [0, 0.05) is 24.0 Å². The highest BCUT2D eigenvalue weighted by Crippen LogP contribution is 3.02. The Bertz CT molecular complexity index is 698. The maximum Gasteiger partial charge on any atom is 0.310 e. The molecule has 2 aromatic rings. The summed E-state index contributed by atoms with van der Waals surface area (Å²) in [5, 5.41) is 6.50. The second-order valence-corrected chi connectivity index (χ2v) is 7.51. The van der Waals surface area contributed by atoms with Gasteiger partial charge in [-0.2, -0.15) is 5.10 Å². The van der Waals surface area contributed by atoms with E-state index < -0.39 is 21.0 Å². The van der Waals surface area contributed by atoms with Gasteiger partial charge in [0.15, 0.2) is 0 Å². The maximum atomic E-state index is 12.6. The van der Waals surface area contributed by atoms with Crippen molar-refractivity contribution in [2.45, 2.75) is 24.4 Å². The number of carbonyl (C=O) groups excluding carboxylic acids is 1. The zero-order valence-corrected chi connectivity index (χ0v) is 12.7. The number of rotatable bonds is 5. The molecule has 10 heteroatoms. The zero-order chi connectivity index (χ0) is 17.4. The van der Waals surface area contributed by atoms with Gasteiger partial charge in [0.2, 0.25) is 0 Å². The van der Waals surface area contributed by atoms with Crippen LogP contribution < -0.4 is 5.32 Å². The van der Waals surface area contributed by atoms with Gasteiger partial charge in [0.25, 0.3) is 5.91 Å². The minimum Gasteiger partial charge on any atom is -0.348 e. The quantitative estimate of drug-likeness (QED) is 0.810. The smallest absolute Gasteiger partial charge is 0.310 e. The molecule has 1 aromatic carbocycles. The van der Waals surface area contributed by atoms with Crippen LogP contribution in [0.2, 0.25) is 0 Å². The molecule has 0 aliphatic heterocycles. The third kappa shape index (κ3) is 4.68. The van der Waals surface area contributed by atoms with E-state index in [0.29, 0.717) is 6.54 Å². The molecule has 1 atom stereocenters. The zero-order valence-electron chi connectivity index (χ0n) is 11.9. The summed E-state index contributed by atoms with van der Waals surface area (Å²) < 4.78 is 64.5. The maximum absolute atomic E-state index is 12.6. The Hall–Kier alpha value is -2.10. The normalized spacial score (nSPS) is 16.3. The van der Waals surface area contributed by atoms with Gasteiger partial charge in [-0.25, -0.2) is 0 Å². The molecule has 0 fully saturated rings. The van der Waals surface area contributed by atoms with Crippen molar-refractivity contribution in [1.82, 2.24) is 15.1 Å². The first-order valence-electron chi connectivity index (χ1n) is 6.47. The molecule has 1 N–H and O–H groups in total. The number of nitrogens with one attached hydrogen (secondary N) is 1. The highest BCUT2D eigenvalue weighted by molar-refractivity contribution is 8.45. The van der Waals surface area contributed by atoms with E-state index in [-0.39, 0.29) is 23.7 Å². The fourth-order valence-corrected chi connectivity index (χ4v) is 2.56. The third-order valence-electron chi connectivity index (χ3n) is 2.96. The Morgan fingerprint density at radius 3 is 2.30 bits per heavy atom. The molecule has 0 aliphatic carbocycles. The van der Waals surface area contributed by atoms with Crippen LogP contribution in [0.4, 0.5) is 19.4 Å². The molecule has 1 amide bonds. The number of amides is 1. The number of hydrogen-bond donors (Lipinski definition) is 1. The lowest BCUT2D eigenvalue weighted by Gasteiger charge is -2.40. The minimum atomic E-state index is -9.72. The Morgan fingerprint density at radius 2 is 1.83 bits per heavy atom. The van der Waals surface area contributed by atoms with Crippen LogP contribution >= 0.6 is 10.2 Å². The minimum absolute atomic E-state index is 0.136. The second-order valence-electron chi connectivity index (χ2n) is 5.10. The molecule has 0 saturated carbocycles. The van der Waals surface area contributed by atoms with E-state index in [4.69, 9.17) is 0 Å². The van der Waals surface area contributed by atoms with E-state index in [0.717, 1.165) is 12.1 Å². The Morgan fingerprint density at radius 1 is 1.22 bits per heavy atom. The molecule has 0 aliphatic rings. The third-order valence-corrected chi connectivity index (χ3v) is 4.12. The van der Waals surface area contributed by atoms with E-state index in [1.54, 1.807) is 30.1 Å². The van der Waals surface area contributed by atoms with E-state index >= 15 is 0 Å². The molecule has 0 saturated heterocycles. The molecular formula is C13H14F5N3OS. The van der Waals surface area contributed by atoms with Gasteiger partial charge in [-0.1, -0.05) is 19.4 Å². The number of hydrogen-bond acceptors (Lipinski definition) is 2. The number of carbonyl (C=O) groups is 1. The van der Waals surface area contributed by atoms with Crippen molar-refractivity contribution in [3.05, 3.63) is 48.3 Å². The van der Waals surface area contributed by atoms with Crippen molar-refractivity contribution in [3.63, 3.8) is 0 Å². The first-order valence-corrected chi connectivity index (χ1v) is 8.43. The highest BCUT2D eigenvalue weighted by Gasteiger charge is 2.65. The lowest BCUT2D eigenvalue weighted by Crippen LogP contribution is -2.35. The van der Waals surface area contributed by atoms with Crippen LogP contribution in [0.3, 0.4) is 0 Å². The summed E-state index contributed by atoms with van der Waals surface area (Å²) in [6.45, 7) is 2.05. The monoisotopic (exact) mass is 355 g/mol. The van der Waals surface area contributed by atoms with Crippen molar-refractivity contribution in [1.29, 1.82) is 0 Å². The molecule has 1 aromatic heterocycles. The van der Waals surface area contributed by atoms with Crippen molar-refractivity contribution in [2.75, 3.05) is 0 Å². The molecule has 128 valence electrons. The SMILES string of the molecule is C[C@H](Cn1cccn1)NC(=O)c1ccc(S(F)(F)(F)(F)F)cc1. The summed E-state index contributed by atoms with van der Waals surface area (Å²) in [5.74, 6) is -0.654. The van der Waals surface area contributed by atoms with Gasteiger partial charge in [-0.05, 0) is 37.3 Å². The van der Waals surface area contributed by atoms with Gasteiger partial charge in [0.1, 0.15) is 4.90 Å². The lowest BCUT2D eigenvalue weighted by molar-refractivity contribution is 0.0935. The fourth-order valence-electron chi connectivity index (χ4n) is 1.91. The van der Waals surface area contributed by atoms with Crippen LogP contribution in [0.1, 0.15) is 17.3 Å². The van der Waals surface area contributed by atoms with Crippen LogP contribution in [-0.2, 0) is 6.54 Å². The average Bonchev–Trinajstić information content (AvgIpc) is 2.89. The molecule has 0 bridgehead atoms. The van der Waals surface area contributed by atoms with Gasteiger partial charge in [0.05, 0.1) is 6.54 Å². The van der Waals surface area contributed by atoms with E-state index in [1.165, 1.54) is 0 Å². The number of aromatic nitrogens is 2. The van der Waals surface area contributed by atoms with E-state index in [9.17, 15) is 24.2 Å². The van der Waals surface area contributed by atoms with Gasteiger partial charge >= 0.3 is 10.2 Å². The summed E-state index contributed by atoms with van der Waals surface area (Å²) in [5.41, 5.74) is -0.136. The largest absolute Gasteiger partial charge is 0.348 e. The molecule has 4 nitrogen and oxygen atoms in total. The van der Waals surface area contributed by atoms with E-state index in [1.807, 2.05) is 0 Å². The van der Waals surface area contributed by atoms with Crippen molar-refractivity contribution in [3.8, 4) is 0 Å². The summed E-state index contributed by atoms with van der Waals surface area (Å²) in [7, 11) is -9.72. The summed E-state index contributed by atoms with van der Waals surface area (Å²) >= 11 is 0. The van der Waals surface area contributed by atoms with Crippen LogP contribution in [0.15, 0.2) is 47.6 Å². The molecule has 0 spiro atoms. The summed E-state index contributed by atoms with van der Waals surface area (Å²) in [6, 6.07) is 3.24. The fraction of sp³-hybridized carbons (Fsp3) is 0.231. The van der Waals surface area contributed by atoms with Gasteiger partial charge in [-0.15, -0.1) is 0 Å².